The second-order valence-corrected chi connectivity index (χ2v) is 6.74. The Kier molecular flexibility index (Phi) is 4.29. The van der Waals surface area contributed by atoms with Crippen LogP contribution >= 0.6 is 0 Å². The molecule has 2 aliphatic rings. The summed E-state index contributed by atoms with van der Waals surface area (Å²) in [6.07, 6.45) is 8.13. The van der Waals surface area contributed by atoms with Gasteiger partial charge in [-0.3, -0.25) is 0 Å². The minimum absolute atomic E-state index is 0.227. The predicted octanol–water partition coefficient (Wildman–Crippen LogP) is 2.44. The molecule has 2 heterocycles. The van der Waals surface area contributed by atoms with Crippen LogP contribution in [0.1, 0.15) is 50.5 Å². The Hall–Kier alpha value is -1.36. The molecular weight excluding hydrogens is 264 g/mol. The van der Waals surface area contributed by atoms with Crippen molar-refractivity contribution in [2.24, 2.45) is 5.92 Å². The lowest BCUT2D eigenvalue weighted by Gasteiger charge is -2.27. The largest absolute Gasteiger partial charge is 0.473 e. The number of likely N-dealkylation sites (tertiary alicyclic amines) is 1. The Morgan fingerprint density at radius 3 is 2.67 bits per heavy atom. The third kappa shape index (κ3) is 3.46. The molecule has 1 unspecified atom stereocenters. The zero-order valence-corrected chi connectivity index (χ0v) is 13.1. The number of ether oxygens (including phenoxy) is 1. The Balaban J connectivity index is 1.76. The van der Waals surface area contributed by atoms with Crippen molar-refractivity contribution in [1.82, 2.24) is 14.9 Å². The summed E-state index contributed by atoms with van der Waals surface area (Å²) >= 11 is 0. The van der Waals surface area contributed by atoms with E-state index in [1.165, 1.54) is 25.7 Å². The van der Waals surface area contributed by atoms with Crippen LogP contribution in [0.4, 0.5) is 5.95 Å². The van der Waals surface area contributed by atoms with E-state index in [2.05, 4.69) is 28.8 Å². The molecule has 1 aromatic heterocycles. The SMILES string of the molecule is CC1CCC(c2cnc(N)nc2OC2CCN(C)C2)CC1. The fraction of sp³-hybridized carbons (Fsp3) is 0.750. The molecule has 0 bridgehead atoms. The summed E-state index contributed by atoms with van der Waals surface area (Å²) in [4.78, 5) is 10.9. The number of anilines is 1. The van der Waals surface area contributed by atoms with Crippen molar-refractivity contribution in [1.29, 1.82) is 0 Å². The van der Waals surface area contributed by atoms with Crippen molar-refractivity contribution < 1.29 is 4.74 Å². The first kappa shape index (κ1) is 14.6. The van der Waals surface area contributed by atoms with Gasteiger partial charge in [0.2, 0.25) is 11.8 Å². The molecular formula is C16H26N4O. The van der Waals surface area contributed by atoms with Gasteiger partial charge >= 0.3 is 0 Å². The molecule has 0 aromatic carbocycles. The topological polar surface area (TPSA) is 64.3 Å². The number of nitrogens with zero attached hydrogens (tertiary/aromatic N) is 3. The standard InChI is InChI=1S/C16H26N4O/c1-11-3-5-12(6-4-11)14-9-18-16(17)19-15(14)21-13-7-8-20(2)10-13/h9,11-13H,3-8,10H2,1-2H3,(H2,17,18,19). The van der Waals surface area contributed by atoms with Crippen molar-refractivity contribution in [3.63, 3.8) is 0 Å². The van der Waals surface area contributed by atoms with Crippen LogP contribution < -0.4 is 10.5 Å². The van der Waals surface area contributed by atoms with E-state index in [9.17, 15) is 0 Å². The molecule has 2 N–H and O–H groups in total. The van der Waals surface area contributed by atoms with Crippen molar-refractivity contribution in [2.45, 2.75) is 51.0 Å². The molecule has 1 aliphatic carbocycles. The third-order valence-electron chi connectivity index (χ3n) is 4.88. The lowest BCUT2D eigenvalue weighted by molar-refractivity contribution is 0.195. The maximum atomic E-state index is 6.16. The maximum Gasteiger partial charge on any atom is 0.223 e. The molecule has 5 nitrogen and oxygen atoms in total. The van der Waals surface area contributed by atoms with Crippen molar-refractivity contribution in [3.8, 4) is 5.88 Å². The normalized spacial score (nSPS) is 30.5. The number of nitrogen functional groups attached to an aromatic ring is 1. The van der Waals surface area contributed by atoms with E-state index in [1.54, 1.807) is 0 Å². The first-order valence-electron chi connectivity index (χ1n) is 8.09. The summed E-state index contributed by atoms with van der Waals surface area (Å²) in [6, 6.07) is 0. The van der Waals surface area contributed by atoms with Gasteiger partial charge in [0.05, 0.1) is 0 Å². The second kappa shape index (κ2) is 6.18. The maximum absolute atomic E-state index is 6.16. The molecule has 1 aromatic rings. The van der Waals surface area contributed by atoms with Crippen molar-refractivity contribution >= 4 is 5.95 Å². The van der Waals surface area contributed by atoms with Gasteiger partial charge in [0, 0.05) is 24.8 Å². The number of nitrogens with two attached hydrogens (primary N) is 1. The number of rotatable bonds is 3. The fourth-order valence-corrected chi connectivity index (χ4v) is 3.48. The van der Waals surface area contributed by atoms with Crippen LogP contribution in [0.2, 0.25) is 0 Å². The smallest absolute Gasteiger partial charge is 0.223 e. The average molecular weight is 290 g/mol. The highest BCUT2D eigenvalue weighted by Gasteiger charge is 2.27. The van der Waals surface area contributed by atoms with E-state index in [4.69, 9.17) is 10.5 Å². The zero-order chi connectivity index (χ0) is 14.8. The monoisotopic (exact) mass is 290 g/mol. The molecule has 1 saturated carbocycles. The summed E-state index contributed by atoms with van der Waals surface area (Å²) < 4.78 is 6.16. The highest BCUT2D eigenvalue weighted by atomic mass is 16.5. The van der Waals surface area contributed by atoms with Gasteiger partial charge in [-0.05, 0) is 38.1 Å². The van der Waals surface area contributed by atoms with Crippen LogP contribution in [0.15, 0.2) is 6.20 Å². The van der Waals surface area contributed by atoms with Crippen LogP contribution in [-0.2, 0) is 0 Å². The summed E-state index contributed by atoms with van der Waals surface area (Å²) in [6.45, 7) is 4.38. The van der Waals surface area contributed by atoms with Crippen LogP contribution in [0.5, 0.6) is 5.88 Å². The Morgan fingerprint density at radius 2 is 2.00 bits per heavy atom. The van der Waals surface area contributed by atoms with E-state index in [0.717, 1.165) is 36.9 Å². The van der Waals surface area contributed by atoms with Gasteiger partial charge in [-0.15, -0.1) is 0 Å². The van der Waals surface area contributed by atoms with Crippen molar-refractivity contribution in [2.75, 3.05) is 25.9 Å². The predicted molar refractivity (Wildman–Crippen MR) is 83.3 cm³/mol. The quantitative estimate of drug-likeness (QED) is 0.926. The first-order valence-corrected chi connectivity index (χ1v) is 8.09. The Bertz CT molecular complexity index is 485. The lowest BCUT2D eigenvalue weighted by atomic mass is 9.80. The summed E-state index contributed by atoms with van der Waals surface area (Å²) in [7, 11) is 2.13. The zero-order valence-electron chi connectivity index (χ0n) is 13.1. The van der Waals surface area contributed by atoms with Gasteiger partial charge in [-0.2, -0.15) is 4.98 Å². The highest BCUT2D eigenvalue weighted by molar-refractivity contribution is 5.33. The van der Waals surface area contributed by atoms with Gasteiger partial charge in [-0.25, -0.2) is 4.98 Å². The average Bonchev–Trinajstić information content (AvgIpc) is 2.86. The van der Waals surface area contributed by atoms with E-state index < -0.39 is 0 Å². The van der Waals surface area contributed by atoms with Crippen LogP contribution in [0.3, 0.4) is 0 Å². The molecule has 0 amide bonds. The van der Waals surface area contributed by atoms with E-state index in [-0.39, 0.29) is 6.10 Å². The van der Waals surface area contributed by atoms with Gasteiger partial charge in [0.25, 0.3) is 0 Å². The molecule has 1 aliphatic heterocycles. The number of hydrogen-bond acceptors (Lipinski definition) is 5. The van der Waals surface area contributed by atoms with Crippen LogP contribution in [0.25, 0.3) is 0 Å². The number of hydrogen-bond donors (Lipinski definition) is 1. The molecule has 1 saturated heterocycles. The highest BCUT2D eigenvalue weighted by Crippen LogP contribution is 2.39. The molecule has 0 spiro atoms. The number of likely N-dealkylation sites (N-methyl/N-ethyl adjacent to an activating group) is 1. The first-order chi connectivity index (χ1) is 10.1. The van der Waals surface area contributed by atoms with Crippen LogP contribution in [-0.4, -0.2) is 41.1 Å². The van der Waals surface area contributed by atoms with Crippen LogP contribution in [0, 0.1) is 5.92 Å². The van der Waals surface area contributed by atoms with E-state index >= 15 is 0 Å². The van der Waals surface area contributed by atoms with Gasteiger partial charge in [-0.1, -0.05) is 19.8 Å². The molecule has 0 radical (unpaired) electrons. The second-order valence-electron chi connectivity index (χ2n) is 6.74. The molecule has 21 heavy (non-hydrogen) atoms. The Morgan fingerprint density at radius 1 is 1.24 bits per heavy atom. The fourth-order valence-electron chi connectivity index (χ4n) is 3.48. The number of aromatic nitrogens is 2. The van der Waals surface area contributed by atoms with E-state index in [1.807, 2.05) is 6.20 Å². The molecule has 2 fully saturated rings. The molecule has 5 heteroatoms. The summed E-state index contributed by atoms with van der Waals surface area (Å²) in [5, 5.41) is 0. The van der Waals surface area contributed by atoms with Gasteiger partial charge < -0.3 is 15.4 Å². The summed E-state index contributed by atoms with van der Waals surface area (Å²) in [5.74, 6) is 2.39. The molecule has 116 valence electrons. The summed E-state index contributed by atoms with van der Waals surface area (Å²) in [5.41, 5.74) is 6.93. The van der Waals surface area contributed by atoms with Crippen molar-refractivity contribution in [3.05, 3.63) is 11.8 Å². The molecule has 3 rings (SSSR count). The minimum Gasteiger partial charge on any atom is -0.473 e. The minimum atomic E-state index is 0.227. The lowest BCUT2D eigenvalue weighted by Crippen LogP contribution is -2.23. The molecule has 1 atom stereocenters. The van der Waals surface area contributed by atoms with Gasteiger partial charge in [0.15, 0.2) is 0 Å². The third-order valence-corrected chi connectivity index (χ3v) is 4.88. The van der Waals surface area contributed by atoms with Gasteiger partial charge in [0.1, 0.15) is 6.10 Å². The Labute approximate surface area is 126 Å². The van der Waals surface area contributed by atoms with E-state index in [0.29, 0.717) is 11.9 Å².